The van der Waals surface area contributed by atoms with Gasteiger partial charge in [-0.1, -0.05) is 37.6 Å². The van der Waals surface area contributed by atoms with Gasteiger partial charge in [0.15, 0.2) is 0 Å². The zero-order valence-electron chi connectivity index (χ0n) is 16.5. The number of aliphatic hydroxyl groups is 1. The first kappa shape index (κ1) is 21.9. The van der Waals surface area contributed by atoms with E-state index >= 15 is 0 Å². The second-order valence-electron chi connectivity index (χ2n) is 7.46. The van der Waals surface area contributed by atoms with E-state index in [0.717, 1.165) is 0 Å². The maximum atomic E-state index is 13.1. The molecule has 0 bridgehead atoms. The van der Waals surface area contributed by atoms with E-state index in [0.29, 0.717) is 27.5 Å². The summed E-state index contributed by atoms with van der Waals surface area (Å²) in [5, 5.41) is 15.8. The molecule has 30 heavy (non-hydrogen) atoms. The van der Waals surface area contributed by atoms with Crippen molar-refractivity contribution in [2.45, 2.75) is 25.3 Å². The molecule has 9 heteroatoms. The van der Waals surface area contributed by atoms with Crippen molar-refractivity contribution in [1.29, 1.82) is 0 Å². The minimum atomic E-state index is -0.669. The predicted molar refractivity (Wildman–Crippen MR) is 116 cm³/mol. The number of aromatic nitrogens is 2. The van der Waals surface area contributed by atoms with Crippen molar-refractivity contribution in [2.75, 3.05) is 11.9 Å². The van der Waals surface area contributed by atoms with Crippen molar-refractivity contribution < 1.29 is 14.3 Å². The van der Waals surface area contributed by atoms with Crippen molar-refractivity contribution in [1.82, 2.24) is 15.3 Å². The zero-order chi connectivity index (χ0) is 21.9. The lowest BCUT2D eigenvalue weighted by Gasteiger charge is -2.22. The first-order valence-corrected chi connectivity index (χ1v) is 9.62. The number of hydrogen-bond acceptors (Lipinski definition) is 4. The second kappa shape index (κ2) is 8.89. The van der Waals surface area contributed by atoms with Crippen molar-refractivity contribution >= 4 is 31.2 Å². The molecule has 1 amide bonds. The van der Waals surface area contributed by atoms with E-state index in [1.165, 1.54) is 30.5 Å². The Labute approximate surface area is 180 Å². The molecular formula is C21H21BClFN4O2. The quantitative estimate of drug-likeness (QED) is 0.434. The number of aliphatic hydroxyl groups excluding tert-OH is 1. The molecule has 0 spiro atoms. The summed E-state index contributed by atoms with van der Waals surface area (Å²) in [5.74, 6) is -0.265. The van der Waals surface area contributed by atoms with Gasteiger partial charge in [0.05, 0.1) is 17.7 Å². The Hall–Kier alpha value is -2.84. The average Bonchev–Trinajstić information content (AvgIpc) is 3.17. The third-order valence-electron chi connectivity index (χ3n) is 4.30. The minimum Gasteiger partial charge on any atom is -0.394 e. The van der Waals surface area contributed by atoms with E-state index in [1.807, 2.05) is 0 Å². The van der Waals surface area contributed by atoms with Gasteiger partial charge in [0.2, 0.25) is 0 Å². The largest absolute Gasteiger partial charge is 0.394 e. The summed E-state index contributed by atoms with van der Waals surface area (Å²) < 4.78 is 13.1. The molecule has 2 aromatic heterocycles. The number of nitrogens with zero attached hydrogens (tertiary/aromatic N) is 1. The number of H-pyrrole nitrogens is 1. The molecule has 0 aliphatic rings. The third kappa shape index (κ3) is 5.40. The predicted octanol–water partition coefficient (Wildman–Crippen LogP) is 3.65. The number of carbonyl (C=O) groups is 1. The number of benzene rings is 1. The van der Waals surface area contributed by atoms with Crippen LogP contribution in [0.1, 0.15) is 35.9 Å². The van der Waals surface area contributed by atoms with Crippen molar-refractivity contribution in [3.05, 3.63) is 70.9 Å². The topological polar surface area (TPSA) is 90.0 Å². The van der Waals surface area contributed by atoms with Gasteiger partial charge in [-0.2, -0.15) is 0 Å². The van der Waals surface area contributed by atoms with Crippen LogP contribution in [-0.2, 0) is 0 Å². The summed E-state index contributed by atoms with van der Waals surface area (Å²) in [6.45, 7) is 3.28. The van der Waals surface area contributed by atoms with Crippen LogP contribution in [0.25, 0.3) is 11.1 Å². The highest BCUT2D eigenvalue weighted by Gasteiger charge is 2.18. The lowest BCUT2D eigenvalue weighted by Crippen LogP contribution is -2.31. The number of amides is 1. The summed E-state index contributed by atoms with van der Waals surface area (Å²) in [5.41, 5.74) is 1.57. The Bertz CT molecular complexity index is 1030. The van der Waals surface area contributed by atoms with Crippen LogP contribution in [0.15, 0.2) is 48.8 Å². The number of nitrogens with one attached hydrogen (secondary N) is 3. The fraction of sp³-hybridized carbons (Fsp3) is 0.238. The van der Waals surface area contributed by atoms with Gasteiger partial charge in [-0.05, 0) is 35.3 Å². The van der Waals surface area contributed by atoms with Gasteiger partial charge in [0, 0.05) is 23.5 Å². The van der Waals surface area contributed by atoms with E-state index in [-0.39, 0.29) is 12.3 Å². The smallest absolute Gasteiger partial charge is 0.268 e. The van der Waals surface area contributed by atoms with Gasteiger partial charge in [-0.25, -0.2) is 9.37 Å². The number of carbonyl (C=O) groups excluding carboxylic acids is 1. The molecule has 6 nitrogen and oxygen atoms in total. The summed E-state index contributed by atoms with van der Waals surface area (Å²) in [4.78, 5) is 19.8. The van der Waals surface area contributed by atoms with Gasteiger partial charge in [0.25, 0.3) is 5.91 Å². The highest BCUT2D eigenvalue weighted by Crippen LogP contribution is 2.30. The Balaban J connectivity index is 1.79. The number of hydrogen-bond donors (Lipinski definition) is 4. The van der Waals surface area contributed by atoms with Crippen LogP contribution in [0.3, 0.4) is 0 Å². The monoisotopic (exact) mass is 426 g/mol. The molecule has 3 rings (SSSR count). The molecule has 2 radical (unpaired) electrons. The van der Waals surface area contributed by atoms with Crippen LogP contribution in [-0.4, -0.2) is 40.9 Å². The molecule has 0 saturated carbocycles. The Morgan fingerprint density at radius 1 is 1.33 bits per heavy atom. The molecule has 4 N–H and O–H groups in total. The zero-order valence-corrected chi connectivity index (χ0v) is 17.3. The molecule has 0 unspecified atom stereocenters. The maximum absolute atomic E-state index is 13.1. The lowest BCUT2D eigenvalue weighted by molar-refractivity contribution is 0.0912. The third-order valence-corrected chi connectivity index (χ3v) is 4.61. The van der Waals surface area contributed by atoms with E-state index in [4.69, 9.17) is 19.4 Å². The van der Waals surface area contributed by atoms with E-state index in [2.05, 4.69) is 20.6 Å². The Morgan fingerprint density at radius 2 is 2.03 bits per heavy atom. The number of aromatic amines is 1. The molecule has 0 aliphatic carbocycles. The van der Waals surface area contributed by atoms with Crippen LogP contribution in [0.5, 0.6) is 0 Å². The first-order chi connectivity index (χ1) is 14.2. The van der Waals surface area contributed by atoms with E-state index < -0.39 is 23.2 Å². The summed E-state index contributed by atoms with van der Waals surface area (Å²) in [7, 11) is 5.97. The number of pyridine rings is 1. The maximum Gasteiger partial charge on any atom is 0.268 e. The van der Waals surface area contributed by atoms with Crippen LogP contribution >= 0.6 is 11.6 Å². The summed E-state index contributed by atoms with van der Waals surface area (Å²) >= 11 is 6.29. The molecule has 1 atom stereocenters. The number of anilines is 1. The van der Waals surface area contributed by atoms with Crippen molar-refractivity contribution in [2.24, 2.45) is 0 Å². The van der Waals surface area contributed by atoms with Gasteiger partial charge >= 0.3 is 0 Å². The molecule has 2 heterocycles. The van der Waals surface area contributed by atoms with Crippen LogP contribution in [0.4, 0.5) is 10.2 Å². The van der Waals surface area contributed by atoms with Crippen LogP contribution in [0, 0.1) is 5.82 Å². The van der Waals surface area contributed by atoms with Gasteiger partial charge in [-0.15, -0.1) is 0 Å². The highest BCUT2D eigenvalue weighted by atomic mass is 35.5. The van der Waals surface area contributed by atoms with Gasteiger partial charge in [-0.3, -0.25) is 4.79 Å². The van der Waals surface area contributed by atoms with Crippen LogP contribution < -0.4 is 10.6 Å². The number of halogens is 2. The molecule has 154 valence electrons. The summed E-state index contributed by atoms with van der Waals surface area (Å²) in [6, 6.07) is 8.30. The normalized spacial score (nSPS) is 12.4. The Morgan fingerprint density at radius 3 is 2.67 bits per heavy atom. The molecule has 1 aromatic carbocycles. The molecular weight excluding hydrogens is 406 g/mol. The van der Waals surface area contributed by atoms with E-state index in [1.54, 1.807) is 32.2 Å². The molecule has 0 fully saturated rings. The van der Waals surface area contributed by atoms with Crippen molar-refractivity contribution in [3.63, 3.8) is 0 Å². The standard InChI is InChI=1S/C21H21BClFN4O2/c1-21(2,22)28-19-8-15(16(23)10-26-19)13-7-17(25-9-13)20(30)27-18(11-29)12-3-5-14(24)6-4-12/h3-10,18,25,29H,11H2,1-2H3,(H,26,28)(H,27,30)/t18-/m1/s1. The van der Waals surface area contributed by atoms with Gasteiger partial charge in [0.1, 0.15) is 25.2 Å². The fourth-order valence-electron chi connectivity index (χ4n) is 2.90. The Kier molecular flexibility index (Phi) is 6.48. The molecule has 0 saturated heterocycles. The number of rotatable bonds is 7. The van der Waals surface area contributed by atoms with Crippen molar-refractivity contribution in [3.8, 4) is 11.1 Å². The summed E-state index contributed by atoms with van der Waals surface area (Å²) in [6.07, 6.45) is 3.16. The average molecular weight is 427 g/mol. The first-order valence-electron chi connectivity index (χ1n) is 9.25. The minimum absolute atomic E-state index is 0.284. The molecule has 0 aliphatic heterocycles. The van der Waals surface area contributed by atoms with Crippen LogP contribution in [0.2, 0.25) is 5.02 Å². The van der Waals surface area contributed by atoms with Gasteiger partial charge < -0.3 is 20.7 Å². The highest BCUT2D eigenvalue weighted by molar-refractivity contribution is 6.33. The lowest BCUT2D eigenvalue weighted by atomic mass is 9.82. The van der Waals surface area contributed by atoms with E-state index in [9.17, 15) is 14.3 Å². The SMILES string of the molecule is [B]C(C)(C)Nc1cc(-c2c[nH]c(C(=O)N[C@H](CO)c3ccc(F)cc3)c2)c(Cl)cn1. The molecule has 3 aromatic rings. The fourth-order valence-corrected chi connectivity index (χ4v) is 3.12. The second-order valence-corrected chi connectivity index (χ2v) is 7.87.